The number of carbonyl (C=O) groups is 2. The SMILES string of the molecule is COc1cc(C(=O)CCl)cc(C=O)c1[N+](=O)[O-]. The van der Waals surface area contributed by atoms with Gasteiger partial charge in [0.05, 0.1) is 23.5 Å². The third-order valence-corrected chi connectivity index (χ3v) is 2.32. The molecule has 0 saturated carbocycles. The molecular formula is C10H8ClNO5. The molecule has 1 aromatic carbocycles. The number of hydrogen-bond acceptors (Lipinski definition) is 5. The highest BCUT2D eigenvalue weighted by molar-refractivity contribution is 6.30. The Morgan fingerprint density at radius 2 is 2.24 bits per heavy atom. The lowest BCUT2D eigenvalue weighted by Crippen LogP contribution is -2.05. The molecule has 0 amide bonds. The molecule has 1 rings (SSSR count). The van der Waals surface area contributed by atoms with Crippen molar-refractivity contribution in [2.24, 2.45) is 0 Å². The van der Waals surface area contributed by atoms with Gasteiger partial charge in [-0.2, -0.15) is 0 Å². The van der Waals surface area contributed by atoms with Gasteiger partial charge < -0.3 is 4.74 Å². The summed E-state index contributed by atoms with van der Waals surface area (Å²) in [5.41, 5.74) is -0.582. The summed E-state index contributed by atoms with van der Waals surface area (Å²) in [4.78, 5) is 32.1. The normalized spacial score (nSPS) is 9.76. The number of carbonyl (C=O) groups excluding carboxylic acids is 2. The average Bonchev–Trinajstić information content (AvgIpc) is 2.35. The van der Waals surface area contributed by atoms with Gasteiger partial charge in [-0.1, -0.05) is 0 Å². The Morgan fingerprint density at radius 1 is 1.59 bits per heavy atom. The minimum absolute atomic E-state index is 0.101. The van der Waals surface area contributed by atoms with E-state index in [1.807, 2.05) is 0 Å². The number of nitrogens with zero attached hydrogens (tertiary/aromatic N) is 1. The van der Waals surface area contributed by atoms with Gasteiger partial charge in [0.15, 0.2) is 17.8 Å². The second-order valence-corrected chi connectivity index (χ2v) is 3.32. The Hall–Kier alpha value is -1.95. The van der Waals surface area contributed by atoms with Crippen LogP contribution in [0.4, 0.5) is 5.69 Å². The topological polar surface area (TPSA) is 86.5 Å². The van der Waals surface area contributed by atoms with E-state index in [2.05, 4.69) is 0 Å². The average molecular weight is 258 g/mol. The zero-order valence-electron chi connectivity index (χ0n) is 8.81. The number of nitro groups is 1. The Balaban J connectivity index is 3.49. The minimum atomic E-state index is -0.739. The number of rotatable bonds is 5. The van der Waals surface area contributed by atoms with Crippen molar-refractivity contribution < 1.29 is 19.2 Å². The van der Waals surface area contributed by atoms with Gasteiger partial charge in [-0.3, -0.25) is 19.7 Å². The van der Waals surface area contributed by atoms with Gasteiger partial charge in [-0.05, 0) is 12.1 Å². The van der Waals surface area contributed by atoms with Crippen LogP contribution >= 0.6 is 11.6 Å². The largest absolute Gasteiger partial charge is 0.490 e. The predicted molar refractivity (Wildman–Crippen MR) is 60.1 cm³/mol. The maximum Gasteiger partial charge on any atom is 0.321 e. The van der Waals surface area contributed by atoms with E-state index in [0.717, 1.165) is 6.07 Å². The van der Waals surface area contributed by atoms with Crippen molar-refractivity contribution in [2.45, 2.75) is 0 Å². The van der Waals surface area contributed by atoms with Crippen LogP contribution in [0.1, 0.15) is 20.7 Å². The molecule has 0 aliphatic rings. The number of hydrogen-bond donors (Lipinski definition) is 0. The van der Waals surface area contributed by atoms with Gasteiger partial charge in [-0.15, -0.1) is 11.6 Å². The first-order valence-electron chi connectivity index (χ1n) is 4.46. The molecular weight excluding hydrogens is 250 g/mol. The molecule has 0 aliphatic carbocycles. The Morgan fingerprint density at radius 3 is 2.65 bits per heavy atom. The van der Waals surface area contributed by atoms with Gasteiger partial charge >= 0.3 is 5.69 Å². The second kappa shape index (κ2) is 5.40. The summed E-state index contributed by atoms with van der Waals surface area (Å²) in [5.74, 6) is -0.866. The molecule has 0 heterocycles. The lowest BCUT2D eigenvalue weighted by atomic mass is 10.1. The van der Waals surface area contributed by atoms with Crippen molar-refractivity contribution >= 4 is 29.4 Å². The van der Waals surface area contributed by atoms with Crippen molar-refractivity contribution in [1.29, 1.82) is 0 Å². The van der Waals surface area contributed by atoms with E-state index in [1.165, 1.54) is 13.2 Å². The van der Waals surface area contributed by atoms with Crippen LogP contribution in [-0.4, -0.2) is 30.0 Å². The number of alkyl halides is 1. The number of nitro benzene ring substituents is 1. The van der Waals surface area contributed by atoms with Crippen LogP contribution in [0.15, 0.2) is 12.1 Å². The highest BCUT2D eigenvalue weighted by Gasteiger charge is 2.23. The van der Waals surface area contributed by atoms with Gasteiger partial charge in [0.25, 0.3) is 0 Å². The Kier molecular flexibility index (Phi) is 4.17. The molecule has 0 spiro atoms. The highest BCUT2D eigenvalue weighted by atomic mass is 35.5. The van der Waals surface area contributed by atoms with Crippen molar-refractivity contribution in [1.82, 2.24) is 0 Å². The van der Waals surface area contributed by atoms with E-state index in [1.54, 1.807) is 0 Å². The van der Waals surface area contributed by atoms with Crippen LogP contribution in [0.25, 0.3) is 0 Å². The van der Waals surface area contributed by atoms with Crippen LogP contribution in [0.3, 0.4) is 0 Å². The third-order valence-electron chi connectivity index (χ3n) is 2.08. The maximum atomic E-state index is 11.4. The monoisotopic (exact) mass is 257 g/mol. The predicted octanol–water partition coefficient (Wildman–Crippen LogP) is 1.84. The molecule has 0 radical (unpaired) electrons. The Bertz CT molecular complexity index is 486. The summed E-state index contributed by atoms with van der Waals surface area (Å²) in [5, 5.41) is 10.8. The summed E-state index contributed by atoms with van der Waals surface area (Å²) in [7, 11) is 1.21. The molecule has 0 N–H and O–H groups in total. The standard InChI is InChI=1S/C10H8ClNO5/c1-17-9-3-6(8(14)4-11)2-7(5-13)10(9)12(15)16/h2-3,5H,4H2,1H3. The van der Waals surface area contributed by atoms with Gasteiger partial charge in [0.1, 0.15) is 0 Å². The van der Waals surface area contributed by atoms with Gasteiger partial charge in [-0.25, -0.2) is 0 Å². The van der Waals surface area contributed by atoms with Crippen LogP contribution in [0.2, 0.25) is 0 Å². The Labute approximate surface area is 101 Å². The first-order chi connectivity index (χ1) is 8.04. The molecule has 0 aliphatic heterocycles. The fraction of sp³-hybridized carbons (Fsp3) is 0.200. The fourth-order valence-electron chi connectivity index (χ4n) is 1.31. The molecule has 0 atom stereocenters. The van der Waals surface area contributed by atoms with Crippen molar-refractivity contribution in [2.75, 3.05) is 13.0 Å². The molecule has 0 unspecified atom stereocenters. The van der Waals surface area contributed by atoms with Crippen molar-refractivity contribution in [3.8, 4) is 5.75 Å². The van der Waals surface area contributed by atoms with Crippen molar-refractivity contribution in [3.63, 3.8) is 0 Å². The van der Waals surface area contributed by atoms with Crippen LogP contribution in [-0.2, 0) is 0 Å². The molecule has 6 nitrogen and oxygen atoms in total. The van der Waals surface area contributed by atoms with E-state index < -0.39 is 16.4 Å². The van der Waals surface area contributed by atoms with Gasteiger partial charge in [0.2, 0.25) is 0 Å². The van der Waals surface area contributed by atoms with Crippen molar-refractivity contribution in [3.05, 3.63) is 33.4 Å². The van der Waals surface area contributed by atoms with E-state index in [4.69, 9.17) is 16.3 Å². The lowest BCUT2D eigenvalue weighted by Gasteiger charge is -2.06. The number of methoxy groups -OCH3 is 1. The molecule has 0 fully saturated rings. The summed E-state index contributed by atoms with van der Waals surface area (Å²) < 4.78 is 4.79. The number of ketones is 1. The van der Waals surface area contributed by atoms with Gasteiger partial charge in [0, 0.05) is 5.56 Å². The molecule has 0 saturated heterocycles. The van der Waals surface area contributed by atoms with E-state index in [9.17, 15) is 19.7 Å². The zero-order valence-corrected chi connectivity index (χ0v) is 9.56. The first-order valence-corrected chi connectivity index (χ1v) is 4.99. The number of ether oxygens (including phenoxy) is 1. The smallest absolute Gasteiger partial charge is 0.321 e. The molecule has 0 aromatic heterocycles. The van der Waals surface area contributed by atoms with Crippen LogP contribution < -0.4 is 4.74 Å². The quantitative estimate of drug-likeness (QED) is 0.264. The maximum absolute atomic E-state index is 11.4. The number of halogens is 1. The molecule has 7 heteroatoms. The third kappa shape index (κ3) is 2.59. The highest BCUT2D eigenvalue weighted by Crippen LogP contribution is 2.31. The van der Waals surface area contributed by atoms with E-state index in [0.29, 0.717) is 6.29 Å². The summed E-state index contributed by atoms with van der Waals surface area (Å²) >= 11 is 5.37. The molecule has 90 valence electrons. The molecule has 0 bridgehead atoms. The van der Waals surface area contributed by atoms with E-state index in [-0.39, 0.29) is 22.8 Å². The molecule has 1 aromatic rings. The van der Waals surface area contributed by atoms with Crippen LogP contribution in [0, 0.1) is 10.1 Å². The lowest BCUT2D eigenvalue weighted by molar-refractivity contribution is -0.386. The summed E-state index contributed by atoms with van der Waals surface area (Å²) in [6.45, 7) is 0. The first kappa shape index (κ1) is 13.1. The number of benzene rings is 1. The van der Waals surface area contributed by atoms with E-state index >= 15 is 0 Å². The van der Waals surface area contributed by atoms with Crippen LogP contribution in [0.5, 0.6) is 5.75 Å². The fourth-order valence-corrected chi connectivity index (χ4v) is 1.46. The minimum Gasteiger partial charge on any atom is -0.490 e. The number of aldehydes is 1. The summed E-state index contributed by atoms with van der Waals surface area (Å²) in [6.07, 6.45) is 0.297. The summed E-state index contributed by atoms with van der Waals surface area (Å²) in [6, 6.07) is 2.31. The molecule has 17 heavy (non-hydrogen) atoms. The second-order valence-electron chi connectivity index (χ2n) is 3.05. The number of Topliss-reactive ketones (excluding diaryl/α,β-unsaturated/α-hetero) is 1. The zero-order chi connectivity index (χ0) is 13.0.